The number of rotatable bonds is 4. The molecule has 0 radical (unpaired) electrons. The third-order valence-electron chi connectivity index (χ3n) is 4.02. The van der Waals surface area contributed by atoms with Gasteiger partial charge in [0.25, 0.3) is 0 Å². The molecule has 0 aliphatic rings. The van der Waals surface area contributed by atoms with E-state index in [1.807, 2.05) is 30.3 Å². The van der Waals surface area contributed by atoms with Crippen molar-refractivity contribution in [2.24, 2.45) is 0 Å². The van der Waals surface area contributed by atoms with Crippen LogP contribution in [-0.4, -0.2) is 11.1 Å². The van der Waals surface area contributed by atoms with Gasteiger partial charge >= 0.3 is 0 Å². The average molecular weight is 350 g/mol. The van der Waals surface area contributed by atoms with E-state index in [2.05, 4.69) is 10.5 Å². The molecule has 0 aliphatic heterocycles. The van der Waals surface area contributed by atoms with Crippen LogP contribution in [0, 0.1) is 12.7 Å². The molecule has 2 aromatic carbocycles. The first-order valence-corrected chi connectivity index (χ1v) is 8.09. The van der Waals surface area contributed by atoms with E-state index in [-0.39, 0.29) is 18.1 Å². The first-order valence-electron chi connectivity index (χ1n) is 8.09. The average Bonchev–Trinajstić information content (AvgIpc) is 3.24. The highest BCUT2D eigenvalue weighted by Crippen LogP contribution is 2.28. The number of nitrogens with zero attached hydrogens (tertiary/aromatic N) is 1. The molecule has 0 saturated carbocycles. The third kappa shape index (κ3) is 3.21. The number of para-hydroxylation sites is 1. The number of halogens is 1. The molecule has 0 atom stereocenters. The Morgan fingerprint density at radius 1 is 1.12 bits per heavy atom. The van der Waals surface area contributed by atoms with Crippen LogP contribution >= 0.6 is 0 Å². The summed E-state index contributed by atoms with van der Waals surface area (Å²) in [5, 5.41) is 7.51. The van der Waals surface area contributed by atoms with Gasteiger partial charge in [0.2, 0.25) is 11.7 Å². The van der Waals surface area contributed by atoms with Crippen molar-refractivity contribution < 1.29 is 18.1 Å². The second-order valence-electron chi connectivity index (χ2n) is 6.02. The van der Waals surface area contributed by atoms with Gasteiger partial charge in [-0.2, -0.15) is 0 Å². The van der Waals surface area contributed by atoms with E-state index in [9.17, 15) is 9.18 Å². The van der Waals surface area contributed by atoms with Crippen LogP contribution in [0.1, 0.15) is 11.3 Å². The van der Waals surface area contributed by atoms with Gasteiger partial charge in [-0.15, -0.1) is 0 Å². The van der Waals surface area contributed by atoms with Gasteiger partial charge in [0.05, 0.1) is 12.1 Å². The quantitative estimate of drug-likeness (QED) is 0.578. The van der Waals surface area contributed by atoms with Crippen LogP contribution in [0.3, 0.4) is 0 Å². The van der Waals surface area contributed by atoms with Crippen LogP contribution < -0.4 is 5.32 Å². The highest BCUT2D eigenvalue weighted by molar-refractivity contribution is 5.92. The van der Waals surface area contributed by atoms with Gasteiger partial charge in [-0.1, -0.05) is 29.4 Å². The normalized spacial score (nSPS) is 11.0. The predicted molar refractivity (Wildman–Crippen MR) is 95.2 cm³/mol. The second-order valence-corrected chi connectivity index (χ2v) is 6.02. The lowest BCUT2D eigenvalue weighted by molar-refractivity contribution is -0.115. The Morgan fingerprint density at radius 2 is 1.96 bits per heavy atom. The topological polar surface area (TPSA) is 68.3 Å². The fraction of sp³-hybridized carbons (Fsp3) is 0.100. The van der Waals surface area contributed by atoms with Crippen molar-refractivity contribution in [1.82, 2.24) is 5.16 Å². The summed E-state index contributed by atoms with van der Waals surface area (Å²) < 4.78 is 24.5. The molecule has 26 heavy (non-hydrogen) atoms. The number of carbonyl (C=O) groups excluding carboxylic acids is 1. The molecule has 130 valence electrons. The Bertz CT molecular complexity index is 1060. The summed E-state index contributed by atoms with van der Waals surface area (Å²) in [6.07, 6.45) is 0.0131. The Hall–Kier alpha value is -3.41. The van der Waals surface area contributed by atoms with Crippen molar-refractivity contribution in [3.05, 3.63) is 71.7 Å². The highest BCUT2D eigenvalue weighted by atomic mass is 19.1. The van der Waals surface area contributed by atoms with Gasteiger partial charge in [-0.3, -0.25) is 4.79 Å². The van der Waals surface area contributed by atoms with Gasteiger partial charge < -0.3 is 14.3 Å². The van der Waals surface area contributed by atoms with Crippen LogP contribution in [0.5, 0.6) is 0 Å². The van der Waals surface area contributed by atoms with Crippen molar-refractivity contribution in [2.45, 2.75) is 13.3 Å². The number of carbonyl (C=O) groups is 1. The maximum Gasteiger partial charge on any atom is 0.230 e. The molecule has 0 bridgehead atoms. The van der Waals surface area contributed by atoms with Crippen molar-refractivity contribution in [2.75, 3.05) is 5.32 Å². The van der Waals surface area contributed by atoms with Crippen LogP contribution in [-0.2, 0) is 11.2 Å². The lowest BCUT2D eigenvalue weighted by atomic mass is 10.2. The minimum absolute atomic E-state index is 0.0131. The zero-order valence-electron chi connectivity index (χ0n) is 14.0. The molecule has 6 heteroatoms. The van der Waals surface area contributed by atoms with Crippen LogP contribution in [0.2, 0.25) is 0 Å². The number of anilines is 1. The van der Waals surface area contributed by atoms with Crippen LogP contribution in [0.4, 0.5) is 10.1 Å². The SMILES string of the molecule is Cc1ccc(NC(=O)Cc2cc(-c3cc4ccccc4o3)on2)cc1F. The summed E-state index contributed by atoms with van der Waals surface area (Å²) in [5.41, 5.74) is 2.14. The fourth-order valence-corrected chi connectivity index (χ4v) is 2.65. The summed E-state index contributed by atoms with van der Waals surface area (Å²) in [6.45, 7) is 1.66. The minimum atomic E-state index is -0.364. The maximum absolute atomic E-state index is 13.5. The first-order chi connectivity index (χ1) is 12.6. The fourth-order valence-electron chi connectivity index (χ4n) is 2.65. The zero-order valence-corrected chi connectivity index (χ0v) is 14.0. The molecule has 0 unspecified atom stereocenters. The van der Waals surface area contributed by atoms with Gasteiger partial charge in [-0.05, 0) is 36.8 Å². The smallest absolute Gasteiger partial charge is 0.230 e. The number of aryl methyl sites for hydroxylation is 1. The number of amides is 1. The lowest BCUT2D eigenvalue weighted by Gasteiger charge is -2.05. The molecule has 0 fully saturated rings. The molecule has 0 spiro atoms. The summed E-state index contributed by atoms with van der Waals surface area (Å²) in [4.78, 5) is 12.1. The summed E-state index contributed by atoms with van der Waals surface area (Å²) in [6, 6.07) is 15.7. The van der Waals surface area contributed by atoms with E-state index in [0.29, 0.717) is 28.5 Å². The van der Waals surface area contributed by atoms with Gasteiger partial charge in [0, 0.05) is 17.1 Å². The number of benzene rings is 2. The van der Waals surface area contributed by atoms with Crippen molar-refractivity contribution in [1.29, 1.82) is 0 Å². The number of hydrogen-bond acceptors (Lipinski definition) is 4. The lowest BCUT2D eigenvalue weighted by Crippen LogP contribution is -2.14. The molecule has 1 amide bonds. The number of hydrogen-bond donors (Lipinski definition) is 1. The third-order valence-corrected chi connectivity index (χ3v) is 4.02. The minimum Gasteiger partial charge on any atom is -0.453 e. The van der Waals surface area contributed by atoms with E-state index >= 15 is 0 Å². The maximum atomic E-state index is 13.5. The predicted octanol–water partition coefficient (Wildman–Crippen LogP) is 4.72. The summed E-state index contributed by atoms with van der Waals surface area (Å²) in [5.74, 6) is 0.325. The second kappa shape index (κ2) is 6.48. The molecule has 1 N–H and O–H groups in total. The largest absolute Gasteiger partial charge is 0.453 e. The van der Waals surface area contributed by atoms with Crippen LogP contribution in [0.15, 0.2) is 63.5 Å². The van der Waals surface area contributed by atoms with E-state index in [1.165, 1.54) is 6.07 Å². The molecule has 0 saturated heterocycles. The Kier molecular flexibility index (Phi) is 4.01. The van der Waals surface area contributed by atoms with Crippen LogP contribution in [0.25, 0.3) is 22.5 Å². The Labute approximate surface area is 148 Å². The van der Waals surface area contributed by atoms with Gasteiger partial charge in [0.15, 0.2) is 5.76 Å². The number of aromatic nitrogens is 1. The van der Waals surface area contributed by atoms with Crippen molar-refractivity contribution in [3.63, 3.8) is 0 Å². The summed E-state index contributed by atoms with van der Waals surface area (Å²) >= 11 is 0. The van der Waals surface area contributed by atoms with E-state index < -0.39 is 0 Å². The van der Waals surface area contributed by atoms with E-state index in [0.717, 1.165) is 11.0 Å². The number of nitrogens with one attached hydrogen (secondary N) is 1. The molecule has 0 aliphatic carbocycles. The Morgan fingerprint density at radius 3 is 2.77 bits per heavy atom. The highest BCUT2D eigenvalue weighted by Gasteiger charge is 2.14. The van der Waals surface area contributed by atoms with E-state index in [1.54, 1.807) is 25.1 Å². The molecule has 2 aromatic heterocycles. The van der Waals surface area contributed by atoms with E-state index in [4.69, 9.17) is 8.94 Å². The number of fused-ring (bicyclic) bond motifs is 1. The van der Waals surface area contributed by atoms with Gasteiger partial charge in [0.1, 0.15) is 11.4 Å². The monoisotopic (exact) mass is 350 g/mol. The number of furan rings is 1. The summed E-state index contributed by atoms with van der Waals surface area (Å²) in [7, 11) is 0. The molecule has 4 aromatic rings. The Balaban J connectivity index is 1.47. The molecular formula is C20H15FN2O3. The van der Waals surface area contributed by atoms with Crippen molar-refractivity contribution >= 4 is 22.6 Å². The standard InChI is InChI=1S/C20H15FN2O3/c1-12-6-7-14(9-16(12)21)22-20(24)11-15-10-19(26-23-15)18-8-13-4-2-3-5-17(13)25-18/h2-10H,11H2,1H3,(H,22,24). The molecule has 5 nitrogen and oxygen atoms in total. The molecule has 4 rings (SSSR count). The van der Waals surface area contributed by atoms with Gasteiger partial charge in [-0.25, -0.2) is 4.39 Å². The molecular weight excluding hydrogens is 335 g/mol. The molecule has 2 heterocycles. The first kappa shape index (κ1) is 16.1. The zero-order chi connectivity index (χ0) is 18.1. The van der Waals surface area contributed by atoms with Crippen molar-refractivity contribution in [3.8, 4) is 11.5 Å².